The number of allylic oxidation sites excluding steroid dienone is 2. The van der Waals surface area contributed by atoms with Gasteiger partial charge in [0.15, 0.2) is 12.4 Å². The molecule has 0 aliphatic rings. The average Bonchev–Trinajstić information content (AvgIpc) is 3.00. The van der Waals surface area contributed by atoms with E-state index in [1.54, 1.807) is 0 Å². The van der Waals surface area contributed by atoms with Crippen molar-refractivity contribution in [1.29, 1.82) is 0 Å². The monoisotopic (exact) mass is 307 g/mol. The fourth-order valence-corrected chi connectivity index (χ4v) is 2.08. The van der Waals surface area contributed by atoms with Gasteiger partial charge in [-0.05, 0) is 33.2 Å². The van der Waals surface area contributed by atoms with Crippen molar-refractivity contribution in [2.24, 2.45) is 7.05 Å². The zero-order valence-electron chi connectivity index (χ0n) is 12.7. The number of H-pyrrole nitrogens is 1. The van der Waals surface area contributed by atoms with E-state index in [2.05, 4.69) is 28.0 Å². The second kappa shape index (κ2) is 6.70. The van der Waals surface area contributed by atoms with Crippen molar-refractivity contribution in [2.45, 2.75) is 0 Å². The summed E-state index contributed by atoms with van der Waals surface area (Å²) in [6.45, 7) is 0. The number of aromatic amines is 1. The Morgan fingerprint density at radius 3 is 2.13 bits per heavy atom. The molecule has 3 aromatic rings. The number of hydrogen-bond donors (Lipinski definition) is 1. The Kier molecular flexibility index (Phi) is 4.29. The minimum atomic E-state index is -0.409. The molecule has 0 bridgehead atoms. The third-order valence-corrected chi connectivity index (χ3v) is 3.34. The molecule has 0 spiro atoms. The summed E-state index contributed by atoms with van der Waals surface area (Å²) in [6.07, 6.45) is 13.5. The normalized spacial score (nSPS) is 11.5. The van der Waals surface area contributed by atoms with E-state index in [0.29, 0.717) is 0 Å². The van der Waals surface area contributed by atoms with Crippen molar-refractivity contribution in [3.8, 4) is 5.69 Å². The lowest BCUT2D eigenvalue weighted by Crippen LogP contribution is -2.31. The predicted octanol–water partition coefficient (Wildman–Crippen LogP) is 1.80. The zero-order valence-corrected chi connectivity index (χ0v) is 12.7. The molecule has 0 fully saturated rings. The zero-order chi connectivity index (χ0) is 16.1. The van der Waals surface area contributed by atoms with Crippen LogP contribution in [0.3, 0.4) is 0 Å². The first-order valence-corrected chi connectivity index (χ1v) is 7.21. The first-order valence-electron chi connectivity index (χ1n) is 7.21. The van der Waals surface area contributed by atoms with Gasteiger partial charge >= 0.3 is 5.63 Å². The average molecular weight is 307 g/mol. The SMILES string of the molecule is C[n+]1ccc(/C=C/C=C/c2ccc(-[n+]3cc(=O)o[nH]3)cc2)cc1. The van der Waals surface area contributed by atoms with Gasteiger partial charge < -0.3 is 0 Å². The molecule has 0 aliphatic heterocycles. The third-order valence-electron chi connectivity index (χ3n) is 3.34. The summed E-state index contributed by atoms with van der Waals surface area (Å²) in [6, 6.07) is 11.9. The highest BCUT2D eigenvalue weighted by Gasteiger charge is 2.08. The molecule has 0 saturated carbocycles. The van der Waals surface area contributed by atoms with Crippen LogP contribution >= 0.6 is 0 Å². The van der Waals surface area contributed by atoms with Gasteiger partial charge in [-0.3, -0.25) is 4.52 Å². The molecule has 5 heteroatoms. The molecular formula is C18H17N3O2+2. The lowest BCUT2D eigenvalue weighted by atomic mass is 10.2. The summed E-state index contributed by atoms with van der Waals surface area (Å²) in [5.41, 5.74) is 2.65. The molecule has 1 N–H and O–H groups in total. The van der Waals surface area contributed by atoms with Crippen molar-refractivity contribution in [2.75, 3.05) is 0 Å². The highest BCUT2D eigenvalue weighted by atomic mass is 16.5. The predicted molar refractivity (Wildman–Crippen MR) is 86.5 cm³/mol. The Morgan fingerprint density at radius 1 is 0.957 bits per heavy atom. The first kappa shape index (κ1) is 14.7. The van der Waals surface area contributed by atoms with Crippen LogP contribution in [0.2, 0.25) is 0 Å². The molecule has 5 nitrogen and oxygen atoms in total. The summed E-state index contributed by atoms with van der Waals surface area (Å²) in [7, 11) is 1.99. The van der Waals surface area contributed by atoms with Crippen LogP contribution in [0.1, 0.15) is 11.1 Å². The van der Waals surface area contributed by atoms with Gasteiger partial charge in [-0.25, -0.2) is 9.36 Å². The molecule has 3 rings (SSSR count). The lowest BCUT2D eigenvalue weighted by Gasteiger charge is -1.92. The van der Waals surface area contributed by atoms with E-state index in [1.807, 2.05) is 66.5 Å². The molecule has 2 aromatic heterocycles. The summed E-state index contributed by atoms with van der Waals surface area (Å²) in [5.74, 6) is 0. The Bertz CT molecular complexity index is 885. The highest BCUT2D eigenvalue weighted by Crippen LogP contribution is 2.06. The summed E-state index contributed by atoms with van der Waals surface area (Å²) in [5, 5.41) is 2.51. The van der Waals surface area contributed by atoms with Gasteiger partial charge in [-0.2, -0.15) is 0 Å². The Morgan fingerprint density at radius 2 is 1.57 bits per heavy atom. The van der Waals surface area contributed by atoms with E-state index < -0.39 is 5.63 Å². The number of hydrogen-bond acceptors (Lipinski definition) is 2. The molecule has 0 saturated heterocycles. The van der Waals surface area contributed by atoms with Crippen LogP contribution in [0.15, 0.2) is 76.5 Å². The van der Waals surface area contributed by atoms with Gasteiger partial charge in [0.2, 0.25) is 5.69 Å². The molecule has 23 heavy (non-hydrogen) atoms. The van der Waals surface area contributed by atoms with Gasteiger partial charge in [0.25, 0.3) is 6.20 Å². The van der Waals surface area contributed by atoms with Crippen LogP contribution in [0.4, 0.5) is 0 Å². The van der Waals surface area contributed by atoms with Gasteiger partial charge in [-0.15, -0.1) is 0 Å². The van der Waals surface area contributed by atoms with Crippen LogP contribution in [0, 0.1) is 0 Å². The highest BCUT2D eigenvalue weighted by molar-refractivity contribution is 5.57. The molecule has 0 unspecified atom stereocenters. The molecule has 0 aliphatic carbocycles. The number of nitrogens with zero attached hydrogens (tertiary/aromatic N) is 2. The largest absolute Gasteiger partial charge is 0.427 e. The van der Waals surface area contributed by atoms with E-state index in [4.69, 9.17) is 0 Å². The third kappa shape index (κ3) is 3.91. The molecule has 0 radical (unpaired) electrons. The van der Waals surface area contributed by atoms with Crippen molar-refractivity contribution < 1.29 is 13.8 Å². The van der Waals surface area contributed by atoms with Crippen LogP contribution < -0.4 is 14.9 Å². The van der Waals surface area contributed by atoms with Gasteiger partial charge in [-0.1, -0.05) is 24.3 Å². The van der Waals surface area contributed by atoms with Crippen molar-refractivity contribution in [3.63, 3.8) is 0 Å². The first-order chi connectivity index (χ1) is 11.2. The minimum Gasteiger partial charge on any atom is -0.283 e. The molecule has 114 valence electrons. The number of nitrogens with one attached hydrogen (secondary N) is 1. The van der Waals surface area contributed by atoms with Crippen LogP contribution in [0.25, 0.3) is 17.8 Å². The van der Waals surface area contributed by atoms with Gasteiger partial charge in [0.05, 0.1) is 0 Å². The maximum atomic E-state index is 11.0. The minimum absolute atomic E-state index is 0.409. The van der Waals surface area contributed by atoms with E-state index in [1.165, 1.54) is 10.9 Å². The Hall–Kier alpha value is -3.21. The smallest absolute Gasteiger partial charge is 0.283 e. The topological polar surface area (TPSA) is 53.8 Å². The summed E-state index contributed by atoms with van der Waals surface area (Å²) >= 11 is 0. The van der Waals surface area contributed by atoms with E-state index in [0.717, 1.165) is 16.8 Å². The quantitative estimate of drug-likeness (QED) is 0.590. The number of benzene rings is 1. The molecule has 0 amide bonds. The Balaban J connectivity index is 1.66. The fraction of sp³-hybridized carbons (Fsp3) is 0.0556. The number of aromatic nitrogens is 3. The summed E-state index contributed by atoms with van der Waals surface area (Å²) in [4.78, 5) is 11.0. The van der Waals surface area contributed by atoms with Crippen molar-refractivity contribution >= 4 is 12.2 Å². The number of pyridine rings is 1. The van der Waals surface area contributed by atoms with Crippen molar-refractivity contribution in [1.82, 2.24) is 5.27 Å². The second-order valence-electron chi connectivity index (χ2n) is 5.12. The van der Waals surface area contributed by atoms with E-state index in [-0.39, 0.29) is 0 Å². The number of aryl methyl sites for hydroxylation is 1. The number of rotatable bonds is 4. The summed E-state index contributed by atoms with van der Waals surface area (Å²) < 4.78 is 8.17. The standard InChI is InChI=1S/C18H16N3O2/c1-20-12-10-16(11-13-20)5-3-2-4-15-6-8-17(9-7-15)21-14-18(22)23-19-21/h2-14H,1H3/q+1/p+1/b4-2+,5-3+. The molecule has 1 aromatic carbocycles. The van der Waals surface area contributed by atoms with Gasteiger partial charge in [0, 0.05) is 24.3 Å². The molecular weight excluding hydrogens is 290 g/mol. The lowest BCUT2D eigenvalue weighted by molar-refractivity contribution is -0.671. The second-order valence-corrected chi connectivity index (χ2v) is 5.12. The molecule has 2 heterocycles. The molecule has 0 atom stereocenters. The van der Waals surface area contributed by atoms with Crippen molar-refractivity contribution in [3.05, 3.63) is 88.7 Å². The maximum Gasteiger partial charge on any atom is 0.427 e. The van der Waals surface area contributed by atoms with Crippen LogP contribution in [-0.4, -0.2) is 5.27 Å². The van der Waals surface area contributed by atoms with Crippen LogP contribution in [-0.2, 0) is 7.05 Å². The van der Waals surface area contributed by atoms with E-state index in [9.17, 15) is 4.79 Å². The van der Waals surface area contributed by atoms with E-state index >= 15 is 0 Å². The fourth-order valence-electron chi connectivity index (χ4n) is 2.08. The maximum absolute atomic E-state index is 11.0. The van der Waals surface area contributed by atoms with Crippen LogP contribution in [0.5, 0.6) is 0 Å². The Labute approximate surface area is 133 Å². The van der Waals surface area contributed by atoms with Gasteiger partial charge in [0.1, 0.15) is 7.05 Å².